The summed E-state index contributed by atoms with van der Waals surface area (Å²) in [6, 6.07) is 7.28. The summed E-state index contributed by atoms with van der Waals surface area (Å²) in [4.78, 5) is 18.4. The molecule has 1 heterocycles. The maximum absolute atomic E-state index is 12.6. The maximum Gasteiger partial charge on any atom is 0.434 e. The first-order valence-corrected chi connectivity index (χ1v) is 9.62. The van der Waals surface area contributed by atoms with Crippen molar-refractivity contribution in [3.8, 4) is 5.75 Å². The van der Waals surface area contributed by atoms with Gasteiger partial charge < -0.3 is 21.1 Å². The molecule has 0 atom stereocenters. The van der Waals surface area contributed by atoms with E-state index in [4.69, 9.17) is 10.5 Å². The number of carbonyl (C=O) groups is 1. The van der Waals surface area contributed by atoms with E-state index in [0.717, 1.165) is 28.7 Å². The highest BCUT2D eigenvalue weighted by Crippen LogP contribution is 2.29. The van der Waals surface area contributed by atoms with Crippen LogP contribution in [-0.2, 0) is 23.8 Å². The van der Waals surface area contributed by atoms with Crippen LogP contribution in [0.4, 0.5) is 13.2 Å². The Labute approximate surface area is 193 Å². The van der Waals surface area contributed by atoms with Crippen molar-refractivity contribution in [2.45, 2.75) is 19.0 Å². The molecule has 30 heavy (non-hydrogen) atoms. The number of halogens is 4. The minimum Gasteiger partial charge on any atom is -0.484 e. The van der Waals surface area contributed by atoms with E-state index in [1.54, 1.807) is 19.2 Å². The van der Waals surface area contributed by atoms with Gasteiger partial charge in [0.25, 0.3) is 5.91 Å². The van der Waals surface area contributed by atoms with E-state index in [1.807, 2.05) is 12.1 Å². The number of nitrogens with one attached hydrogen (secondary N) is 2. The molecular formula is C18H23F3IN5O2S. The molecule has 0 spiro atoms. The van der Waals surface area contributed by atoms with Crippen molar-refractivity contribution in [1.29, 1.82) is 0 Å². The van der Waals surface area contributed by atoms with E-state index in [1.165, 1.54) is 0 Å². The predicted octanol–water partition coefficient (Wildman–Crippen LogP) is 2.59. The number of alkyl halides is 3. The number of rotatable bonds is 9. The lowest BCUT2D eigenvalue weighted by Crippen LogP contribution is -2.39. The summed E-state index contributed by atoms with van der Waals surface area (Å²) < 4.78 is 42.9. The lowest BCUT2D eigenvalue weighted by molar-refractivity contribution is -0.140. The summed E-state index contributed by atoms with van der Waals surface area (Å²) in [7, 11) is 1.62. The highest BCUT2D eigenvalue weighted by Gasteiger charge is 2.33. The molecule has 2 aromatic rings. The number of nitrogens with two attached hydrogens (primary N) is 1. The zero-order valence-corrected chi connectivity index (χ0v) is 19.3. The Kier molecular flexibility index (Phi) is 10.9. The van der Waals surface area contributed by atoms with E-state index in [9.17, 15) is 18.0 Å². The van der Waals surface area contributed by atoms with Crippen LogP contribution < -0.4 is 21.1 Å². The standard InChI is InChI=1S/C18H22F3N5O2S.HI/c1-23-17(25-9-7-16-26-14(11-29-16)18(19,20)21)24-8-6-12-2-4-13(5-3-12)28-10-15(22)27;/h2-5,11H,6-10H2,1H3,(H2,22,27)(H2,23,24,25);1H. The molecule has 2 rings (SSSR count). The topological polar surface area (TPSA) is 102 Å². The van der Waals surface area contributed by atoms with Gasteiger partial charge in [-0.2, -0.15) is 13.2 Å². The first-order valence-electron chi connectivity index (χ1n) is 8.74. The molecule has 0 aliphatic heterocycles. The van der Waals surface area contributed by atoms with E-state index in [2.05, 4.69) is 20.6 Å². The van der Waals surface area contributed by atoms with E-state index in [0.29, 0.717) is 36.2 Å². The van der Waals surface area contributed by atoms with Gasteiger partial charge in [-0.3, -0.25) is 9.79 Å². The number of hydrogen-bond acceptors (Lipinski definition) is 5. The van der Waals surface area contributed by atoms with Crippen molar-refractivity contribution in [2.24, 2.45) is 10.7 Å². The molecule has 0 radical (unpaired) electrons. The zero-order chi connectivity index (χ0) is 21.3. The third-order valence-corrected chi connectivity index (χ3v) is 4.62. The monoisotopic (exact) mass is 557 g/mol. The number of carbonyl (C=O) groups excluding carboxylic acids is 1. The van der Waals surface area contributed by atoms with Gasteiger partial charge in [-0.25, -0.2) is 4.98 Å². The lowest BCUT2D eigenvalue weighted by Gasteiger charge is -2.11. The molecule has 0 aliphatic rings. The van der Waals surface area contributed by atoms with Gasteiger partial charge in [-0.1, -0.05) is 12.1 Å². The SMILES string of the molecule is CN=C(NCCc1ccc(OCC(N)=O)cc1)NCCc1nc(C(F)(F)F)cs1.I. The molecule has 166 valence electrons. The fraction of sp³-hybridized carbons (Fsp3) is 0.389. The summed E-state index contributed by atoms with van der Waals surface area (Å²) in [5.41, 5.74) is 5.23. The van der Waals surface area contributed by atoms with Gasteiger partial charge in [0.1, 0.15) is 5.75 Å². The minimum atomic E-state index is -4.41. The van der Waals surface area contributed by atoms with Crippen LogP contribution in [0.15, 0.2) is 34.6 Å². The number of primary amides is 1. The number of amides is 1. The summed E-state index contributed by atoms with van der Waals surface area (Å²) in [6.45, 7) is 0.856. The highest BCUT2D eigenvalue weighted by molar-refractivity contribution is 14.0. The van der Waals surface area contributed by atoms with Crippen LogP contribution in [0.25, 0.3) is 0 Å². The normalized spacial score (nSPS) is 11.5. The predicted molar refractivity (Wildman–Crippen MR) is 120 cm³/mol. The second kappa shape index (κ2) is 12.6. The van der Waals surface area contributed by atoms with Crippen LogP contribution in [0.1, 0.15) is 16.3 Å². The van der Waals surface area contributed by atoms with E-state index < -0.39 is 17.8 Å². The fourth-order valence-electron chi connectivity index (χ4n) is 2.30. The fourth-order valence-corrected chi connectivity index (χ4v) is 3.10. The molecule has 1 aromatic heterocycles. The summed E-state index contributed by atoms with van der Waals surface area (Å²) in [5, 5.41) is 7.62. The summed E-state index contributed by atoms with van der Waals surface area (Å²) in [5.74, 6) is 0.584. The molecule has 0 unspecified atom stereocenters. The third kappa shape index (κ3) is 9.15. The molecule has 12 heteroatoms. The molecule has 0 saturated carbocycles. The number of nitrogens with zero attached hydrogens (tertiary/aromatic N) is 2. The van der Waals surface area contributed by atoms with Crippen LogP contribution in [-0.4, -0.2) is 43.6 Å². The average molecular weight is 557 g/mol. The van der Waals surface area contributed by atoms with Crippen LogP contribution >= 0.6 is 35.3 Å². The number of aromatic nitrogens is 1. The van der Waals surface area contributed by atoms with Gasteiger partial charge in [-0.05, 0) is 24.1 Å². The molecule has 1 amide bonds. The molecule has 0 saturated heterocycles. The number of thiazole rings is 1. The number of aliphatic imine (C=N–C) groups is 1. The van der Waals surface area contributed by atoms with Crippen molar-refractivity contribution < 1.29 is 22.7 Å². The first-order chi connectivity index (χ1) is 13.8. The smallest absolute Gasteiger partial charge is 0.434 e. The highest BCUT2D eigenvalue weighted by atomic mass is 127. The van der Waals surface area contributed by atoms with Gasteiger partial charge >= 0.3 is 6.18 Å². The Hall–Kier alpha value is -2.09. The largest absolute Gasteiger partial charge is 0.484 e. The Morgan fingerprint density at radius 1 is 1.20 bits per heavy atom. The van der Waals surface area contributed by atoms with Gasteiger partial charge in [0.05, 0.1) is 5.01 Å². The lowest BCUT2D eigenvalue weighted by atomic mass is 10.1. The van der Waals surface area contributed by atoms with Crippen molar-refractivity contribution in [3.63, 3.8) is 0 Å². The summed E-state index contributed by atoms with van der Waals surface area (Å²) in [6.07, 6.45) is -3.32. The molecule has 1 aromatic carbocycles. The van der Waals surface area contributed by atoms with Crippen molar-refractivity contribution >= 4 is 47.2 Å². The first kappa shape index (κ1) is 25.9. The second-order valence-electron chi connectivity index (χ2n) is 5.95. The van der Waals surface area contributed by atoms with Gasteiger partial charge in [0, 0.05) is 31.9 Å². The molecule has 0 bridgehead atoms. The van der Waals surface area contributed by atoms with Gasteiger partial charge in [0.15, 0.2) is 18.3 Å². The Morgan fingerprint density at radius 2 is 1.83 bits per heavy atom. The number of ether oxygens (including phenoxy) is 1. The zero-order valence-electron chi connectivity index (χ0n) is 16.2. The van der Waals surface area contributed by atoms with Crippen molar-refractivity contribution in [2.75, 3.05) is 26.7 Å². The quantitative estimate of drug-likeness (QED) is 0.250. The van der Waals surface area contributed by atoms with Crippen LogP contribution in [0.3, 0.4) is 0 Å². The maximum atomic E-state index is 12.6. The molecule has 0 aliphatic carbocycles. The van der Waals surface area contributed by atoms with Crippen LogP contribution in [0.5, 0.6) is 5.75 Å². The number of hydrogen-bond donors (Lipinski definition) is 3. The van der Waals surface area contributed by atoms with Crippen LogP contribution in [0, 0.1) is 0 Å². The van der Waals surface area contributed by atoms with Gasteiger partial charge in [0.2, 0.25) is 0 Å². The number of guanidine groups is 1. The number of benzene rings is 1. The van der Waals surface area contributed by atoms with E-state index in [-0.39, 0.29) is 30.6 Å². The Morgan fingerprint density at radius 3 is 2.37 bits per heavy atom. The van der Waals surface area contributed by atoms with Gasteiger partial charge in [-0.15, -0.1) is 35.3 Å². The summed E-state index contributed by atoms with van der Waals surface area (Å²) >= 11 is 0.990. The van der Waals surface area contributed by atoms with E-state index >= 15 is 0 Å². The molecule has 7 nitrogen and oxygen atoms in total. The third-order valence-electron chi connectivity index (χ3n) is 3.71. The average Bonchev–Trinajstić information content (AvgIpc) is 3.15. The Bertz CT molecular complexity index is 828. The Balaban J connectivity index is 0.00000450. The molecular weight excluding hydrogens is 534 g/mol. The second-order valence-corrected chi connectivity index (χ2v) is 6.89. The van der Waals surface area contributed by atoms with Crippen molar-refractivity contribution in [1.82, 2.24) is 15.6 Å². The van der Waals surface area contributed by atoms with Crippen LogP contribution in [0.2, 0.25) is 0 Å². The minimum absolute atomic E-state index is 0. The molecule has 0 fully saturated rings. The molecule has 4 N–H and O–H groups in total. The van der Waals surface area contributed by atoms with Crippen molar-refractivity contribution in [3.05, 3.63) is 45.9 Å².